The molecule has 0 atom stereocenters. The number of rotatable bonds is 10. The second kappa shape index (κ2) is 13.9. The first-order valence-electron chi connectivity index (χ1n) is 8.48. The minimum atomic E-state index is 0. The number of para-hydroxylation sites is 1. The van der Waals surface area contributed by atoms with Crippen LogP contribution in [0.1, 0.15) is 17.5 Å². The van der Waals surface area contributed by atoms with E-state index in [1.807, 2.05) is 36.4 Å². The second-order valence-corrected chi connectivity index (χ2v) is 6.63. The molecular weight excluding hydrogens is 407 g/mol. The third-order valence-corrected chi connectivity index (χ3v) is 4.10. The summed E-state index contributed by atoms with van der Waals surface area (Å²) in [6.45, 7) is 3.27. The summed E-state index contributed by atoms with van der Waals surface area (Å²) < 4.78 is 11.5. The molecule has 4 nitrogen and oxygen atoms in total. The van der Waals surface area contributed by atoms with Crippen molar-refractivity contribution in [3.8, 4) is 11.5 Å². The van der Waals surface area contributed by atoms with E-state index in [-0.39, 0.29) is 24.8 Å². The van der Waals surface area contributed by atoms with Crippen molar-refractivity contribution in [1.29, 1.82) is 0 Å². The molecule has 0 saturated heterocycles. The molecule has 0 aromatic heterocycles. The number of hydrogen-bond acceptors (Lipinski definition) is 4. The van der Waals surface area contributed by atoms with Gasteiger partial charge in [0.2, 0.25) is 0 Å². The molecule has 2 aromatic carbocycles. The summed E-state index contributed by atoms with van der Waals surface area (Å²) in [6, 6.07) is 13.7. The van der Waals surface area contributed by atoms with Crippen LogP contribution in [0.2, 0.25) is 5.02 Å². The van der Waals surface area contributed by atoms with E-state index in [1.54, 1.807) is 7.11 Å². The zero-order chi connectivity index (χ0) is 18.1. The molecule has 1 N–H and O–H groups in total. The fourth-order valence-electron chi connectivity index (χ4n) is 2.50. The number of hydrogen-bond donors (Lipinski definition) is 1. The summed E-state index contributed by atoms with van der Waals surface area (Å²) in [4.78, 5) is 2.19. The topological polar surface area (TPSA) is 33.7 Å². The van der Waals surface area contributed by atoms with Gasteiger partial charge in [0.05, 0.1) is 7.11 Å². The lowest BCUT2D eigenvalue weighted by molar-refractivity contribution is 0.280. The molecule has 0 heterocycles. The van der Waals surface area contributed by atoms with Crippen LogP contribution < -0.4 is 14.8 Å². The molecule has 7 heteroatoms. The number of ether oxygens (including phenoxy) is 2. The van der Waals surface area contributed by atoms with Gasteiger partial charge in [-0.05, 0) is 57.4 Å². The molecule has 0 aliphatic rings. The van der Waals surface area contributed by atoms with Gasteiger partial charge in [-0.25, -0.2) is 0 Å². The van der Waals surface area contributed by atoms with Crippen LogP contribution in [-0.2, 0) is 13.2 Å². The summed E-state index contributed by atoms with van der Waals surface area (Å²) in [5, 5.41) is 4.20. The molecule has 27 heavy (non-hydrogen) atoms. The quantitative estimate of drug-likeness (QED) is 0.543. The van der Waals surface area contributed by atoms with Crippen LogP contribution in [0.15, 0.2) is 42.5 Å². The molecular formula is C20H29Cl3N2O2. The van der Waals surface area contributed by atoms with Crippen LogP contribution in [0.3, 0.4) is 0 Å². The van der Waals surface area contributed by atoms with Gasteiger partial charge >= 0.3 is 0 Å². The van der Waals surface area contributed by atoms with Gasteiger partial charge in [0.15, 0.2) is 11.5 Å². The number of methoxy groups -OCH3 is 1. The summed E-state index contributed by atoms with van der Waals surface area (Å²) >= 11 is 5.93. The standard InChI is InChI=1S/C20H27ClN2O2.2ClH/c1-23(2)13-5-12-22-14-17-6-4-7-19(24-3)20(17)25-15-16-8-10-18(21)11-9-16;;/h4,6-11,22H,5,12-15H2,1-3H3;2*1H. The van der Waals surface area contributed by atoms with E-state index in [0.717, 1.165) is 53.7 Å². The van der Waals surface area contributed by atoms with Crippen LogP contribution in [0.25, 0.3) is 0 Å². The molecule has 0 unspecified atom stereocenters. The maximum absolute atomic E-state index is 6.06. The van der Waals surface area contributed by atoms with Crippen molar-refractivity contribution in [2.75, 3.05) is 34.3 Å². The molecule has 0 fully saturated rings. The Kier molecular flexibility index (Phi) is 13.3. The lowest BCUT2D eigenvalue weighted by Gasteiger charge is -2.16. The first-order chi connectivity index (χ1) is 12.1. The lowest BCUT2D eigenvalue weighted by atomic mass is 10.1. The number of halogens is 3. The highest BCUT2D eigenvalue weighted by molar-refractivity contribution is 6.30. The van der Waals surface area contributed by atoms with E-state index in [9.17, 15) is 0 Å². The van der Waals surface area contributed by atoms with Crippen molar-refractivity contribution in [3.05, 3.63) is 58.6 Å². The van der Waals surface area contributed by atoms with E-state index in [2.05, 4.69) is 30.4 Å². The first-order valence-corrected chi connectivity index (χ1v) is 8.86. The molecule has 152 valence electrons. The van der Waals surface area contributed by atoms with E-state index < -0.39 is 0 Å². The Bertz CT molecular complexity index is 652. The van der Waals surface area contributed by atoms with Gasteiger partial charge < -0.3 is 19.7 Å². The van der Waals surface area contributed by atoms with E-state index in [0.29, 0.717) is 6.61 Å². The Balaban J connectivity index is 0.00000338. The average Bonchev–Trinajstić information content (AvgIpc) is 2.61. The zero-order valence-corrected chi connectivity index (χ0v) is 18.4. The van der Waals surface area contributed by atoms with Crippen LogP contribution in [0.5, 0.6) is 11.5 Å². The smallest absolute Gasteiger partial charge is 0.166 e. The number of benzene rings is 2. The number of nitrogens with one attached hydrogen (secondary N) is 1. The lowest BCUT2D eigenvalue weighted by Crippen LogP contribution is -2.21. The van der Waals surface area contributed by atoms with Gasteiger partial charge in [0.1, 0.15) is 6.61 Å². The van der Waals surface area contributed by atoms with Gasteiger partial charge in [-0.2, -0.15) is 0 Å². The van der Waals surface area contributed by atoms with Crippen LogP contribution in [-0.4, -0.2) is 39.2 Å². The molecule has 0 saturated carbocycles. The van der Waals surface area contributed by atoms with E-state index in [4.69, 9.17) is 21.1 Å². The van der Waals surface area contributed by atoms with Crippen molar-refractivity contribution < 1.29 is 9.47 Å². The molecule has 0 aliphatic heterocycles. The molecule has 0 bridgehead atoms. The van der Waals surface area contributed by atoms with E-state index >= 15 is 0 Å². The Hall–Kier alpha value is -1.17. The highest BCUT2D eigenvalue weighted by atomic mass is 35.5. The fraction of sp³-hybridized carbons (Fsp3) is 0.400. The maximum Gasteiger partial charge on any atom is 0.166 e. The Morgan fingerprint density at radius 2 is 1.74 bits per heavy atom. The normalized spacial score (nSPS) is 10.1. The van der Waals surface area contributed by atoms with Crippen LogP contribution >= 0.6 is 36.4 Å². The van der Waals surface area contributed by atoms with Crippen molar-refractivity contribution in [3.63, 3.8) is 0 Å². The second-order valence-electron chi connectivity index (χ2n) is 6.20. The van der Waals surface area contributed by atoms with Crippen LogP contribution in [0.4, 0.5) is 0 Å². The molecule has 0 amide bonds. The Morgan fingerprint density at radius 1 is 1.04 bits per heavy atom. The Morgan fingerprint density at radius 3 is 2.37 bits per heavy atom. The minimum Gasteiger partial charge on any atom is -0.493 e. The fourth-order valence-corrected chi connectivity index (χ4v) is 2.63. The van der Waals surface area contributed by atoms with Gasteiger partial charge in [0, 0.05) is 17.1 Å². The van der Waals surface area contributed by atoms with E-state index in [1.165, 1.54) is 0 Å². The third kappa shape index (κ3) is 9.04. The molecule has 0 aliphatic carbocycles. The van der Waals surface area contributed by atoms with Crippen molar-refractivity contribution >= 4 is 36.4 Å². The highest BCUT2D eigenvalue weighted by Gasteiger charge is 2.11. The number of nitrogens with zero attached hydrogens (tertiary/aromatic N) is 1. The van der Waals surface area contributed by atoms with Crippen LogP contribution in [0, 0.1) is 0 Å². The summed E-state index contributed by atoms with van der Waals surface area (Å²) in [6.07, 6.45) is 1.11. The van der Waals surface area contributed by atoms with Crippen molar-refractivity contribution in [2.45, 2.75) is 19.6 Å². The highest BCUT2D eigenvalue weighted by Crippen LogP contribution is 2.31. The monoisotopic (exact) mass is 434 g/mol. The predicted octanol–water partition coefficient (Wildman–Crippen LogP) is 4.81. The maximum atomic E-state index is 6.06. The van der Waals surface area contributed by atoms with Crippen molar-refractivity contribution in [1.82, 2.24) is 10.2 Å². The molecule has 0 spiro atoms. The summed E-state index contributed by atoms with van der Waals surface area (Å²) in [7, 11) is 5.84. The average molecular weight is 436 g/mol. The SMILES string of the molecule is COc1cccc(CNCCCN(C)C)c1OCc1ccc(Cl)cc1.Cl.Cl. The van der Waals surface area contributed by atoms with Gasteiger partial charge in [0.25, 0.3) is 0 Å². The largest absolute Gasteiger partial charge is 0.493 e. The van der Waals surface area contributed by atoms with Gasteiger partial charge in [-0.3, -0.25) is 0 Å². The van der Waals surface area contributed by atoms with Gasteiger partial charge in [-0.15, -0.1) is 24.8 Å². The predicted molar refractivity (Wildman–Crippen MR) is 118 cm³/mol. The summed E-state index contributed by atoms with van der Waals surface area (Å²) in [5.74, 6) is 1.54. The van der Waals surface area contributed by atoms with Gasteiger partial charge in [-0.1, -0.05) is 35.9 Å². The Labute approximate surface area is 180 Å². The summed E-state index contributed by atoms with van der Waals surface area (Å²) in [5.41, 5.74) is 2.17. The zero-order valence-electron chi connectivity index (χ0n) is 16.0. The third-order valence-electron chi connectivity index (χ3n) is 3.85. The molecule has 2 aromatic rings. The molecule has 2 rings (SSSR count). The minimum absolute atomic E-state index is 0. The first kappa shape index (κ1) is 25.8. The van der Waals surface area contributed by atoms with Crippen molar-refractivity contribution in [2.24, 2.45) is 0 Å². The molecule has 0 radical (unpaired) electrons.